The normalized spacial score (nSPS) is 20.4. The molecule has 2 N–H and O–H groups in total. The average Bonchev–Trinajstić information content (AvgIpc) is 2.54. The number of sulfonamides is 1. The number of hydrogen-bond donors (Lipinski definition) is 1. The standard InChI is InChI=1S/C15H22N2O4S.ClH/c1-11(16)12-6-5-9-17(10-12)22(19,20)14-8-4-3-7-13(14)15(18)21-2;/h3-4,7-8,11-12H,5-6,9-10,16H2,1-2H3;1H. The molecular formula is C15H23ClN2O4S. The number of methoxy groups -OCH3 is 1. The van der Waals surface area contributed by atoms with Crippen LogP contribution < -0.4 is 5.73 Å². The number of esters is 1. The van der Waals surface area contributed by atoms with E-state index >= 15 is 0 Å². The maximum atomic E-state index is 12.9. The molecule has 0 spiro atoms. The van der Waals surface area contributed by atoms with Crippen LogP contribution in [-0.2, 0) is 14.8 Å². The van der Waals surface area contributed by atoms with Crippen molar-refractivity contribution in [3.05, 3.63) is 29.8 Å². The number of hydrogen-bond acceptors (Lipinski definition) is 5. The van der Waals surface area contributed by atoms with Gasteiger partial charge in [0.1, 0.15) is 0 Å². The minimum Gasteiger partial charge on any atom is -0.465 e. The van der Waals surface area contributed by atoms with Crippen molar-refractivity contribution < 1.29 is 17.9 Å². The fourth-order valence-corrected chi connectivity index (χ4v) is 4.45. The summed E-state index contributed by atoms with van der Waals surface area (Å²) >= 11 is 0. The first kappa shape index (κ1) is 19.9. The Labute approximate surface area is 143 Å². The van der Waals surface area contributed by atoms with Gasteiger partial charge in [0.05, 0.1) is 17.6 Å². The molecule has 2 rings (SSSR count). The second-order valence-electron chi connectivity index (χ2n) is 5.61. The number of ether oxygens (including phenoxy) is 1. The number of benzene rings is 1. The predicted octanol–water partition coefficient (Wildman–Crippen LogP) is 1.64. The van der Waals surface area contributed by atoms with Crippen LogP contribution in [0.3, 0.4) is 0 Å². The van der Waals surface area contributed by atoms with Crippen LogP contribution in [0.15, 0.2) is 29.2 Å². The zero-order valence-corrected chi connectivity index (χ0v) is 14.9. The molecular weight excluding hydrogens is 340 g/mol. The zero-order chi connectivity index (χ0) is 16.3. The molecule has 1 aliphatic rings. The highest BCUT2D eigenvalue weighted by Gasteiger charge is 2.33. The summed E-state index contributed by atoms with van der Waals surface area (Å²) in [5.41, 5.74) is 5.98. The van der Waals surface area contributed by atoms with Crippen LogP contribution in [0.1, 0.15) is 30.1 Å². The third kappa shape index (κ3) is 4.23. The lowest BCUT2D eigenvalue weighted by Gasteiger charge is -2.34. The first-order chi connectivity index (χ1) is 10.4. The molecule has 1 aromatic rings. The highest BCUT2D eigenvalue weighted by Crippen LogP contribution is 2.27. The SMILES string of the molecule is COC(=O)c1ccccc1S(=O)(=O)N1CCCC(C(C)N)C1.Cl. The largest absolute Gasteiger partial charge is 0.465 e. The van der Waals surface area contributed by atoms with Gasteiger partial charge in [-0.25, -0.2) is 13.2 Å². The molecule has 2 unspecified atom stereocenters. The molecule has 8 heteroatoms. The molecule has 0 saturated carbocycles. The highest BCUT2D eigenvalue weighted by atomic mass is 35.5. The predicted molar refractivity (Wildman–Crippen MR) is 90.2 cm³/mol. The van der Waals surface area contributed by atoms with Crippen molar-refractivity contribution in [2.75, 3.05) is 20.2 Å². The number of carbonyl (C=O) groups is 1. The van der Waals surface area contributed by atoms with E-state index in [1.807, 2.05) is 6.92 Å². The Morgan fingerprint density at radius 3 is 2.65 bits per heavy atom. The Hall–Kier alpha value is -1.15. The Morgan fingerprint density at radius 1 is 1.39 bits per heavy atom. The maximum Gasteiger partial charge on any atom is 0.339 e. The summed E-state index contributed by atoms with van der Waals surface area (Å²) in [6, 6.07) is 6.07. The first-order valence-electron chi connectivity index (χ1n) is 7.31. The van der Waals surface area contributed by atoms with Crippen LogP contribution >= 0.6 is 12.4 Å². The van der Waals surface area contributed by atoms with E-state index in [1.165, 1.54) is 23.5 Å². The van der Waals surface area contributed by atoms with Gasteiger partial charge in [-0.1, -0.05) is 12.1 Å². The average molecular weight is 363 g/mol. The van der Waals surface area contributed by atoms with Crippen LogP contribution in [0.5, 0.6) is 0 Å². The molecule has 1 aliphatic heterocycles. The minimum atomic E-state index is -3.74. The first-order valence-corrected chi connectivity index (χ1v) is 8.75. The Kier molecular flexibility index (Phi) is 7.01. The molecule has 1 aromatic carbocycles. The van der Waals surface area contributed by atoms with E-state index in [4.69, 9.17) is 5.73 Å². The lowest BCUT2D eigenvalue weighted by molar-refractivity contribution is 0.0596. The van der Waals surface area contributed by atoms with E-state index in [0.29, 0.717) is 13.1 Å². The second kappa shape index (κ2) is 8.10. The van der Waals surface area contributed by atoms with Crippen molar-refractivity contribution in [3.8, 4) is 0 Å². The van der Waals surface area contributed by atoms with Gasteiger partial charge in [0.15, 0.2) is 0 Å². The molecule has 0 radical (unpaired) electrons. The summed E-state index contributed by atoms with van der Waals surface area (Å²) in [4.78, 5) is 11.8. The number of nitrogens with two attached hydrogens (primary N) is 1. The zero-order valence-electron chi connectivity index (χ0n) is 13.3. The highest BCUT2D eigenvalue weighted by molar-refractivity contribution is 7.89. The maximum absolute atomic E-state index is 12.9. The molecule has 23 heavy (non-hydrogen) atoms. The third-order valence-corrected chi connectivity index (χ3v) is 6.00. The lowest BCUT2D eigenvalue weighted by atomic mass is 9.93. The van der Waals surface area contributed by atoms with Crippen LogP contribution in [0.4, 0.5) is 0 Å². The van der Waals surface area contributed by atoms with Crippen LogP contribution in [-0.4, -0.2) is 44.9 Å². The molecule has 1 saturated heterocycles. The number of halogens is 1. The van der Waals surface area contributed by atoms with Crippen molar-refractivity contribution in [1.82, 2.24) is 4.31 Å². The number of carbonyl (C=O) groups excluding carboxylic acids is 1. The quantitative estimate of drug-likeness (QED) is 0.822. The monoisotopic (exact) mass is 362 g/mol. The van der Waals surface area contributed by atoms with Crippen LogP contribution in [0.2, 0.25) is 0 Å². The Morgan fingerprint density at radius 2 is 2.04 bits per heavy atom. The number of piperidine rings is 1. The smallest absolute Gasteiger partial charge is 0.339 e. The minimum absolute atomic E-state index is 0. The van der Waals surface area contributed by atoms with Crippen molar-refractivity contribution >= 4 is 28.4 Å². The summed E-state index contributed by atoms with van der Waals surface area (Å²) in [7, 11) is -2.50. The van der Waals surface area contributed by atoms with Gasteiger partial charge in [-0.05, 0) is 37.8 Å². The summed E-state index contributed by atoms with van der Waals surface area (Å²) in [5, 5.41) is 0. The van der Waals surface area contributed by atoms with Gasteiger partial charge in [-0.15, -0.1) is 12.4 Å². The van der Waals surface area contributed by atoms with Gasteiger partial charge in [-0.2, -0.15) is 4.31 Å². The van der Waals surface area contributed by atoms with Crippen LogP contribution in [0.25, 0.3) is 0 Å². The van der Waals surface area contributed by atoms with E-state index in [0.717, 1.165) is 12.8 Å². The molecule has 1 heterocycles. The molecule has 0 bridgehead atoms. The van der Waals surface area contributed by atoms with E-state index < -0.39 is 16.0 Å². The van der Waals surface area contributed by atoms with Crippen molar-refractivity contribution in [1.29, 1.82) is 0 Å². The fourth-order valence-electron chi connectivity index (χ4n) is 2.73. The second-order valence-corrected chi connectivity index (χ2v) is 7.52. The molecule has 0 amide bonds. The molecule has 2 atom stereocenters. The van der Waals surface area contributed by atoms with Gasteiger partial charge in [0, 0.05) is 19.1 Å². The molecule has 130 valence electrons. The Balaban J connectivity index is 0.00000264. The van der Waals surface area contributed by atoms with Gasteiger partial charge in [-0.3, -0.25) is 0 Å². The van der Waals surface area contributed by atoms with E-state index in [-0.39, 0.29) is 34.8 Å². The fraction of sp³-hybridized carbons (Fsp3) is 0.533. The lowest BCUT2D eigenvalue weighted by Crippen LogP contribution is -2.45. The van der Waals surface area contributed by atoms with E-state index in [1.54, 1.807) is 12.1 Å². The van der Waals surface area contributed by atoms with Crippen molar-refractivity contribution in [2.45, 2.75) is 30.7 Å². The number of rotatable bonds is 4. The summed E-state index contributed by atoms with van der Waals surface area (Å²) in [5.74, 6) is -0.520. The van der Waals surface area contributed by atoms with Gasteiger partial charge in [0.25, 0.3) is 0 Å². The van der Waals surface area contributed by atoms with E-state index in [2.05, 4.69) is 4.74 Å². The Bertz CT molecular complexity index is 649. The summed E-state index contributed by atoms with van der Waals surface area (Å²) in [6.45, 7) is 2.72. The van der Waals surface area contributed by atoms with Gasteiger partial charge in [0.2, 0.25) is 10.0 Å². The molecule has 0 aliphatic carbocycles. The summed E-state index contributed by atoms with van der Waals surface area (Å²) < 4.78 is 31.8. The topological polar surface area (TPSA) is 89.7 Å². The van der Waals surface area contributed by atoms with Gasteiger partial charge < -0.3 is 10.5 Å². The number of nitrogens with zero attached hydrogens (tertiary/aromatic N) is 1. The van der Waals surface area contributed by atoms with Crippen LogP contribution in [0, 0.1) is 5.92 Å². The molecule has 6 nitrogen and oxygen atoms in total. The van der Waals surface area contributed by atoms with E-state index in [9.17, 15) is 13.2 Å². The molecule has 0 aromatic heterocycles. The van der Waals surface area contributed by atoms with Crippen molar-refractivity contribution in [2.24, 2.45) is 11.7 Å². The summed E-state index contributed by atoms with van der Waals surface area (Å²) in [6.07, 6.45) is 1.69. The van der Waals surface area contributed by atoms with Crippen molar-refractivity contribution in [3.63, 3.8) is 0 Å². The van der Waals surface area contributed by atoms with Gasteiger partial charge >= 0.3 is 5.97 Å². The third-order valence-electron chi connectivity index (χ3n) is 4.07. The molecule has 1 fully saturated rings.